The normalized spacial score (nSPS) is 10.3. The molecule has 2 rings (SSSR count). The van der Waals surface area contributed by atoms with Gasteiger partial charge < -0.3 is 9.47 Å². The molecule has 0 aliphatic heterocycles. The van der Waals surface area contributed by atoms with E-state index in [-0.39, 0.29) is 0 Å². The summed E-state index contributed by atoms with van der Waals surface area (Å²) in [6, 6.07) is 6.07. The molecule has 0 aliphatic rings. The van der Waals surface area contributed by atoms with Gasteiger partial charge in [0, 0.05) is 19.2 Å². The van der Waals surface area contributed by atoms with Crippen LogP contribution in [0.25, 0.3) is 10.8 Å². The minimum Gasteiger partial charge on any atom is -0.493 e. The van der Waals surface area contributed by atoms with Gasteiger partial charge in [-0.25, -0.2) is 4.57 Å². The van der Waals surface area contributed by atoms with Crippen LogP contribution in [0.3, 0.4) is 0 Å². The largest absolute Gasteiger partial charge is 0.493 e. The number of nitriles is 1. The molecule has 0 atom stereocenters. The third-order valence-electron chi connectivity index (χ3n) is 3.66. The van der Waals surface area contributed by atoms with Crippen LogP contribution in [0.2, 0.25) is 0 Å². The van der Waals surface area contributed by atoms with Crippen molar-refractivity contribution in [3.05, 3.63) is 29.1 Å². The van der Waals surface area contributed by atoms with E-state index >= 15 is 0 Å². The van der Waals surface area contributed by atoms with Crippen LogP contribution in [0.4, 0.5) is 0 Å². The van der Waals surface area contributed by atoms with Gasteiger partial charge in [0.25, 0.3) is 0 Å². The van der Waals surface area contributed by atoms with Gasteiger partial charge >= 0.3 is 0 Å². The molecule has 0 unspecified atom stereocenters. The highest BCUT2D eigenvalue weighted by molar-refractivity contribution is 5.92. The summed E-state index contributed by atoms with van der Waals surface area (Å²) in [6.45, 7) is 3.98. The fraction of sp³-hybridized carbons (Fsp3) is 0.333. The maximum atomic E-state index is 9.39. The molecule has 0 saturated heterocycles. The van der Waals surface area contributed by atoms with Gasteiger partial charge in [0.2, 0.25) is 0 Å². The van der Waals surface area contributed by atoms with E-state index in [1.165, 1.54) is 0 Å². The second kappa shape index (κ2) is 4.77. The Morgan fingerprint density at radius 2 is 1.53 bits per heavy atom. The molecule has 2 aromatic rings. The lowest BCUT2D eigenvalue weighted by molar-refractivity contribution is -0.682. The standard InChI is InChI=1S/C15H17N2O2/c1-9-11-6-14(18-4)15(19-5)7-12(11)13(8-16)10(2)17(9)3/h6-7H,1-5H3/q+1. The minimum atomic E-state index is 0.638. The first-order chi connectivity index (χ1) is 9.04. The number of benzene rings is 1. The summed E-state index contributed by atoms with van der Waals surface area (Å²) in [7, 11) is 5.17. The Balaban J connectivity index is 2.99. The Labute approximate surface area is 112 Å². The quantitative estimate of drug-likeness (QED) is 0.775. The van der Waals surface area contributed by atoms with Crippen LogP contribution in [0, 0.1) is 25.2 Å². The molecule has 1 aromatic carbocycles. The fourth-order valence-corrected chi connectivity index (χ4v) is 2.32. The SMILES string of the molecule is COc1cc2c(C#N)c(C)[n+](C)c(C)c2cc1OC. The first kappa shape index (κ1) is 13.2. The molecule has 19 heavy (non-hydrogen) atoms. The summed E-state index contributed by atoms with van der Waals surface area (Å²) < 4.78 is 12.7. The van der Waals surface area contributed by atoms with Crippen LogP contribution >= 0.6 is 0 Å². The Kier molecular flexibility index (Phi) is 3.30. The van der Waals surface area contributed by atoms with Crippen molar-refractivity contribution < 1.29 is 14.0 Å². The summed E-state index contributed by atoms with van der Waals surface area (Å²) in [5.74, 6) is 1.31. The molecular formula is C15H17N2O2+. The number of ether oxygens (including phenoxy) is 2. The summed E-state index contributed by atoms with van der Waals surface area (Å²) in [6.07, 6.45) is 0. The molecule has 0 amide bonds. The lowest BCUT2D eigenvalue weighted by atomic mass is 10.0. The number of nitrogens with zero attached hydrogens (tertiary/aromatic N) is 2. The van der Waals surface area contributed by atoms with Gasteiger partial charge in [0.05, 0.1) is 19.6 Å². The van der Waals surface area contributed by atoms with Crippen molar-refractivity contribution in [2.45, 2.75) is 13.8 Å². The molecule has 0 radical (unpaired) electrons. The number of rotatable bonds is 2. The molecule has 4 nitrogen and oxygen atoms in total. The summed E-state index contributed by atoms with van der Waals surface area (Å²) >= 11 is 0. The monoisotopic (exact) mass is 257 g/mol. The molecule has 98 valence electrons. The van der Waals surface area contributed by atoms with Crippen LogP contribution in [-0.4, -0.2) is 14.2 Å². The Bertz CT molecular complexity index is 700. The van der Waals surface area contributed by atoms with Gasteiger partial charge in [-0.1, -0.05) is 0 Å². The first-order valence-corrected chi connectivity index (χ1v) is 6.00. The van der Waals surface area contributed by atoms with Crippen LogP contribution in [0.15, 0.2) is 12.1 Å². The van der Waals surface area contributed by atoms with Gasteiger partial charge in [-0.15, -0.1) is 0 Å². The molecule has 1 aromatic heterocycles. The van der Waals surface area contributed by atoms with E-state index in [9.17, 15) is 5.26 Å². The average Bonchev–Trinajstić information content (AvgIpc) is 2.44. The van der Waals surface area contributed by atoms with E-state index in [0.717, 1.165) is 22.2 Å². The predicted octanol–water partition coefficient (Wildman–Crippen LogP) is 2.17. The lowest BCUT2D eigenvalue weighted by Gasteiger charge is -2.11. The molecular weight excluding hydrogens is 240 g/mol. The van der Waals surface area contributed by atoms with Crippen molar-refractivity contribution >= 4 is 10.8 Å². The molecule has 0 N–H and O–H groups in total. The van der Waals surface area contributed by atoms with Gasteiger partial charge in [-0.3, -0.25) is 0 Å². The van der Waals surface area contributed by atoms with Gasteiger partial charge in [-0.05, 0) is 12.1 Å². The molecule has 0 fully saturated rings. The molecule has 0 bridgehead atoms. The third-order valence-corrected chi connectivity index (χ3v) is 3.66. The molecule has 0 spiro atoms. The lowest BCUT2D eigenvalue weighted by Crippen LogP contribution is -2.36. The second-order valence-electron chi connectivity index (χ2n) is 4.47. The van der Waals surface area contributed by atoms with Crippen LogP contribution in [0.1, 0.15) is 17.0 Å². The molecule has 4 heteroatoms. The molecule has 1 heterocycles. The zero-order chi connectivity index (χ0) is 14.2. The van der Waals surface area contributed by atoms with Gasteiger partial charge in [0.1, 0.15) is 18.7 Å². The Hall–Kier alpha value is -2.28. The maximum absolute atomic E-state index is 9.39. The maximum Gasteiger partial charge on any atom is 0.196 e. The minimum absolute atomic E-state index is 0.638. The van der Waals surface area contributed by atoms with Crippen LogP contribution in [-0.2, 0) is 7.05 Å². The van der Waals surface area contributed by atoms with Crippen molar-refractivity contribution in [3.8, 4) is 17.6 Å². The van der Waals surface area contributed by atoms with Crippen LogP contribution < -0.4 is 14.0 Å². The van der Waals surface area contributed by atoms with E-state index in [2.05, 4.69) is 6.07 Å². The number of pyridine rings is 1. The predicted molar refractivity (Wildman–Crippen MR) is 72.4 cm³/mol. The number of fused-ring (bicyclic) bond motifs is 1. The topological polar surface area (TPSA) is 46.1 Å². The zero-order valence-electron chi connectivity index (χ0n) is 11.9. The highest BCUT2D eigenvalue weighted by Gasteiger charge is 2.20. The number of methoxy groups -OCH3 is 2. The second-order valence-corrected chi connectivity index (χ2v) is 4.47. The molecule has 0 aliphatic carbocycles. The highest BCUT2D eigenvalue weighted by atomic mass is 16.5. The van der Waals surface area contributed by atoms with Crippen LogP contribution in [0.5, 0.6) is 11.5 Å². The van der Waals surface area contributed by atoms with Crippen molar-refractivity contribution in [1.29, 1.82) is 5.26 Å². The number of hydrogen-bond acceptors (Lipinski definition) is 3. The Morgan fingerprint density at radius 3 is 2.00 bits per heavy atom. The summed E-state index contributed by atoms with van der Waals surface area (Å²) in [5.41, 5.74) is 2.70. The number of aryl methyl sites for hydroxylation is 1. The van der Waals surface area contributed by atoms with Crippen molar-refractivity contribution in [2.75, 3.05) is 14.2 Å². The first-order valence-electron chi connectivity index (χ1n) is 6.00. The Morgan fingerprint density at radius 1 is 1.00 bits per heavy atom. The smallest absolute Gasteiger partial charge is 0.196 e. The van der Waals surface area contributed by atoms with E-state index in [4.69, 9.17) is 9.47 Å². The van der Waals surface area contributed by atoms with Crippen molar-refractivity contribution in [2.24, 2.45) is 7.05 Å². The van der Waals surface area contributed by atoms with Crippen molar-refractivity contribution in [1.82, 2.24) is 0 Å². The van der Waals surface area contributed by atoms with E-state index < -0.39 is 0 Å². The van der Waals surface area contributed by atoms with Gasteiger partial charge in [-0.2, -0.15) is 5.26 Å². The van der Waals surface area contributed by atoms with E-state index in [0.29, 0.717) is 17.1 Å². The van der Waals surface area contributed by atoms with E-state index in [1.807, 2.05) is 37.6 Å². The summed E-state index contributed by atoms with van der Waals surface area (Å²) in [4.78, 5) is 0. The third kappa shape index (κ3) is 1.88. The van der Waals surface area contributed by atoms with Gasteiger partial charge in [0.15, 0.2) is 22.9 Å². The number of hydrogen-bond donors (Lipinski definition) is 0. The highest BCUT2D eigenvalue weighted by Crippen LogP contribution is 2.34. The zero-order valence-corrected chi connectivity index (χ0v) is 11.9. The molecule has 0 saturated carbocycles. The van der Waals surface area contributed by atoms with Crippen molar-refractivity contribution in [3.63, 3.8) is 0 Å². The average molecular weight is 257 g/mol. The van der Waals surface area contributed by atoms with E-state index in [1.54, 1.807) is 14.2 Å². The number of aromatic nitrogens is 1. The summed E-state index contributed by atoms with van der Waals surface area (Å²) in [5, 5.41) is 11.3. The fourth-order valence-electron chi connectivity index (χ4n) is 2.32.